The first kappa shape index (κ1) is 16.0. The molecule has 4 heteroatoms. The van der Waals surface area contributed by atoms with E-state index in [1.54, 1.807) is 0 Å². The fraction of sp³-hybridized carbons (Fsp3) is 0.533. The number of benzene rings is 1. The van der Waals surface area contributed by atoms with Crippen molar-refractivity contribution in [3.63, 3.8) is 0 Å². The molecular weight excluding hydrogens is 260 g/mol. The van der Waals surface area contributed by atoms with Gasteiger partial charge in [-0.1, -0.05) is 43.2 Å². The summed E-state index contributed by atoms with van der Waals surface area (Å²) in [6.07, 6.45) is 5.68. The molecule has 1 saturated carbocycles. The van der Waals surface area contributed by atoms with Crippen molar-refractivity contribution in [1.82, 2.24) is 4.90 Å². The van der Waals surface area contributed by atoms with Crippen LogP contribution in [0.15, 0.2) is 30.3 Å². The lowest BCUT2D eigenvalue weighted by Gasteiger charge is -2.28. The van der Waals surface area contributed by atoms with Gasteiger partial charge in [0.25, 0.3) is 0 Å². The van der Waals surface area contributed by atoms with E-state index in [0.29, 0.717) is 6.04 Å². The zero-order valence-corrected chi connectivity index (χ0v) is 12.1. The SMILES string of the molecule is Cl.NCC(=O)N(CCc1ccccc1)C1CCCC1. The van der Waals surface area contributed by atoms with Gasteiger partial charge in [-0.25, -0.2) is 0 Å². The second kappa shape index (κ2) is 8.18. The summed E-state index contributed by atoms with van der Waals surface area (Å²) in [7, 11) is 0. The zero-order valence-electron chi connectivity index (χ0n) is 11.3. The molecule has 2 rings (SSSR count). The molecule has 0 saturated heterocycles. The first-order valence-corrected chi connectivity index (χ1v) is 6.84. The quantitative estimate of drug-likeness (QED) is 0.901. The smallest absolute Gasteiger partial charge is 0.236 e. The van der Waals surface area contributed by atoms with Gasteiger partial charge in [-0.3, -0.25) is 4.79 Å². The molecule has 2 N–H and O–H groups in total. The molecule has 0 aromatic heterocycles. The molecule has 0 unspecified atom stereocenters. The molecule has 0 radical (unpaired) electrons. The average Bonchev–Trinajstić information content (AvgIpc) is 2.94. The second-order valence-electron chi connectivity index (χ2n) is 4.97. The number of halogens is 1. The maximum absolute atomic E-state index is 11.9. The Kier molecular flexibility index (Phi) is 6.89. The van der Waals surface area contributed by atoms with E-state index in [2.05, 4.69) is 12.1 Å². The van der Waals surface area contributed by atoms with E-state index in [-0.39, 0.29) is 24.9 Å². The van der Waals surface area contributed by atoms with Crippen molar-refractivity contribution < 1.29 is 4.79 Å². The Hall–Kier alpha value is -1.06. The molecule has 1 amide bonds. The van der Waals surface area contributed by atoms with Crippen LogP contribution in [0.25, 0.3) is 0 Å². The number of carbonyl (C=O) groups is 1. The minimum atomic E-state index is 0. The van der Waals surface area contributed by atoms with Crippen molar-refractivity contribution in [3.05, 3.63) is 35.9 Å². The summed E-state index contributed by atoms with van der Waals surface area (Å²) < 4.78 is 0. The molecule has 0 bridgehead atoms. The topological polar surface area (TPSA) is 46.3 Å². The van der Waals surface area contributed by atoms with Crippen LogP contribution in [0.4, 0.5) is 0 Å². The van der Waals surface area contributed by atoms with Gasteiger partial charge in [0.05, 0.1) is 6.54 Å². The Morgan fingerprint density at radius 3 is 2.42 bits per heavy atom. The second-order valence-corrected chi connectivity index (χ2v) is 4.97. The van der Waals surface area contributed by atoms with E-state index >= 15 is 0 Å². The first-order valence-electron chi connectivity index (χ1n) is 6.84. The minimum Gasteiger partial charge on any atom is -0.338 e. The van der Waals surface area contributed by atoms with Crippen molar-refractivity contribution in [2.75, 3.05) is 13.1 Å². The lowest BCUT2D eigenvalue weighted by Crippen LogP contribution is -2.43. The summed E-state index contributed by atoms with van der Waals surface area (Å²) in [5, 5.41) is 0. The van der Waals surface area contributed by atoms with Crippen LogP contribution in [-0.4, -0.2) is 29.9 Å². The Labute approximate surface area is 121 Å². The van der Waals surface area contributed by atoms with E-state index in [0.717, 1.165) is 25.8 Å². The van der Waals surface area contributed by atoms with Gasteiger partial charge in [0, 0.05) is 12.6 Å². The van der Waals surface area contributed by atoms with E-state index < -0.39 is 0 Å². The highest BCUT2D eigenvalue weighted by Crippen LogP contribution is 2.23. The van der Waals surface area contributed by atoms with Gasteiger partial charge in [0.1, 0.15) is 0 Å². The highest BCUT2D eigenvalue weighted by molar-refractivity contribution is 5.85. The number of carbonyl (C=O) groups excluding carboxylic acids is 1. The number of nitrogens with two attached hydrogens (primary N) is 1. The fourth-order valence-corrected chi connectivity index (χ4v) is 2.74. The van der Waals surface area contributed by atoms with E-state index in [1.807, 2.05) is 23.1 Å². The minimum absolute atomic E-state index is 0. The Morgan fingerprint density at radius 1 is 1.21 bits per heavy atom. The van der Waals surface area contributed by atoms with Crippen LogP contribution in [0.3, 0.4) is 0 Å². The molecule has 106 valence electrons. The molecule has 0 atom stereocenters. The fourth-order valence-electron chi connectivity index (χ4n) is 2.74. The Morgan fingerprint density at radius 2 is 1.84 bits per heavy atom. The third-order valence-corrected chi connectivity index (χ3v) is 3.74. The molecule has 3 nitrogen and oxygen atoms in total. The predicted octanol–water partition coefficient (Wildman–Crippen LogP) is 2.38. The number of nitrogens with zero attached hydrogens (tertiary/aromatic N) is 1. The lowest BCUT2D eigenvalue weighted by atomic mass is 10.1. The maximum Gasteiger partial charge on any atom is 0.236 e. The molecule has 1 fully saturated rings. The standard InChI is InChI=1S/C15H22N2O.ClH/c16-12-15(18)17(14-8-4-5-9-14)11-10-13-6-2-1-3-7-13;/h1-3,6-7,14H,4-5,8-12,16H2;1H. The molecule has 0 spiro atoms. The molecular formula is C15H23ClN2O. The monoisotopic (exact) mass is 282 g/mol. The summed E-state index contributed by atoms with van der Waals surface area (Å²) >= 11 is 0. The van der Waals surface area contributed by atoms with E-state index in [4.69, 9.17) is 5.73 Å². The molecule has 19 heavy (non-hydrogen) atoms. The van der Waals surface area contributed by atoms with Crippen LogP contribution >= 0.6 is 12.4 Å². The van der Waals surface area contributed by atoms with Gasteiger partial charge in [0.15, 0.2) is 0 Å². The summed E-state index contributed by atoms with van der Waals surface area (Å²) in [5.41, 5.74) is 6.80. The molecule has 0 heterocycles. The van der Waals surface area contributed by atoms with Gasteiger partial charge in [-0.15, -0.1) is 12.4 Å². The third kappa shape index (κ3) is 4.51. The van der Waals surface area contributed by atoms with E-state index in [1.165, 1.54) is 18.4 Å². The predicted molar refractivity (Wildman–Crippen MR) is 80.4 cm³/mol. The number of hydrogen-bond acceptors (Lipinski definition) is 2. The Balaban J connectivity index is 0.00000180. The lowest BCUT2D eigenvalue weighted by molar-refractivity contribution is -0.131. The summed E-state index contributed by atoms with van der Waals surface area (Å²) in [6, 6.07) is 10.7. The van der Waals surface area contributed by atoms with Crippen molar-refractivity contribution in [3.8, 4) is 0 Å². The van der Waals surface area contributed by atoms with Gasteiger partial charge < -0.3 is 10.6 Å². The van der Waals surface area contributed by atoms with E-state index in [9.17, 15) is 4.79 Å². The van der Waals surface area contributed by atoms with Crippen molar-refractivity contribution in [1.29, 1.82) is 0 Å². The summed E-state index contributed by atoms with van der Waals surface area (Å²) in [6.45, 7) is 0.927. The zero-order chi connectivity index (χ0) is 12.8. The van der Waals surface area contributed by atoms with Crippen molar-refractivity contribution in [2.24, 2.45) is 5.73 Å². The van der Waals surface area contributed by atoms with Crippen molar-refractivity contribution in [2.45, 2.75) is 38.1 Å². The van der Waals surface area contributed by atoms with Crippen LogP contribution in [0.2, 0.25) is 0 Å². The molecule has 1 aliphatic carbocycles. The molecule has 1 aromatic rings. The average molecular weight is 283 g/mol. The maximum atomic E-state index is 11.9. The molecule has 1 aliphatic rings. The summed E-state index contributed by atoms with van der Waals surface area (Å²) in [5.74, 6) is 0.0952. The van der Waals surface area contributed by atoms with Crippen LogP contribution in [0.1, 0.15) is 31.2 Å². The highest BCUT2D eigenvalue weighted by atomic mass is 35.5. The Bertz CT molecular complexity index is 377. The highest BCUT2D eigenvalue weighted by Gasteiger charge is 2.25. The molecule has 1 aromatic carbocycles. The van der Waals surface area contributed by atoms with Gasteiger partial charge in [0.2, 0.25) is 5.91 Å². The summed E-state index contributed by atoms with van der Waals surface area (Å²) in [4.78, 5) is 13.9. The van der Waals surface area contributed by atoms with Gasteiger partial charge in [-0.2, -0.15) is 0 Å². The third-order valence-electron chi connectivity index (χ3n) is 3.74. The van der Waals surface area contributed by atoms with Gasteiger partial charge >= 0.3 is 0 Å². The van der Waals surface area contributed by atoms with Crippen LogP contribution < -0.4 is 5.73 Å². The number of rotatable bonds is 5. The van der Waals surface area contributed by atoms with Gasteiger partial charge in [-0.05, 0) is 24.8 Å². The van der Waals surface area contributed by atoms with Crippen LogP contribution in [-0.2, 0) is 11.2 Å². The number of hydrogen-bond donors (Lipinski definition) is 1. The molecule has 0 aliphatic heterocycles. The number of amides is 1. The van der Waals surface area contributed by atoms with Crippen LogP contribution in [0, 0.1) is 0 Å². The largest absolute Gasteiger partial charge is 0.338 e. The first-order chi connectivity index (χ1) is 8.81. The van der Waals surface area contributed by atoms with Crippen molar-refractivity contribution >= 4 is 18.3 Å². The van der Waals surface area contributed by atoms with Crippen LogP contribution in [0.5, 0.6) is 0 Å². The normalized spacial score (nSPS) is 15.0.